The van der Waals surface area contributed by atoms with Gasteiger partial charge in [-0.1, -0.05) is 18.2 Å². The lowest BCUT2D eigenvalue weighted by Crippen LogP contribution is -2.17. The summed E-state index contributed by atoms with van der Waals surface area (Å²) in [6, 6.07) is 10.9. The van der Waals surface area contributed by atoms with Crippen molar-refractivity contribution in [1.29, 1.82) is 0 Å². The van der Waals surface area contributed by atoms with Crippen LogP contribution in [0.5, 0.6) is 0 Å². The Kier molecular flexibility index (Phi) is 6.51. The minimum Gasteiger partial charge on any atom is -0.464 e. The highest BCUT2D eigenvalue weighted by atomic mass is 16.6. The first-order valence-electron chi connectivity index (χ1n) is 9.27. The quantitative estimate of drug-likeness (QED) is 0.577. The van der Waals surface area contributed by atoms with Crippen LogP contribution >= 0.6 is 0 Å². The summed E-state index contributed by atoms with van der Waals surface area (Å²) >= 11 is 0. The molecule has 0 radical (unpaired) electrons. The zero-order valence-corrected chi connectivity index (χ0v) is 16.7. The fraction of sp³-hybridized carbons (Fsp3) is 0.273. The number of aryl methyl sites for hydroxylation is 2. The predicted molar refractivity (Wildman–Crippen MR) is 111 cm³/mol. The molecule has 0 atom stereocenters. The summed E-state index contributed by atoms with van der Waals surface area (Å²) in [5.41, 5.74) is 4.95. The van der Waals surface area contributed by atoms with Crippen LogP contribution in [0, 0.1) is 13.8 Å². The second kappa shape index (κ2) is 9.25. The van der Waals surface area contributed by atoms with E-state index < -0.39 is 6.09 Å². The Morgan fingerprint density at radius 2 is 1.79 bits per heavy atom. The number of furan rings is 1. The number of ether oxygens (including phenoxy) is 2. The molecular formula is C22H24N2O5. The van der Waals surface area contributed by atoms with Crippen LogP contribution in [0.25, 0.3) is 11.0 Å². The van der Waals surface area contributed by atoms with Gasteiger partial charge in [-0.3, -0.25) is 10.1 Å². The molecule has 0 aliphatic carbocycles. The zero-order valence-electron chi connectivity index (χ0n) is 16.7. The number of hydrogen-bond acceptors (Lipinski definition) is 5. The van der Waals surface area contributed by atoms with Crippen molar-refractivity contribution in [1.82, 2.24) is 0 Å². The molecule has 0 bridgehead atoms. The third-order valence-corrected chi connectivity index (χ3v) is 4.61. The second-order valence-electron chi connectivity index (χ2n) is 6.70. The third kappa shape index (κ3) is 5.14. The molecule has 2 amide bonds. The van der Waals surface area contributed by atoms with Crippen molar-refractivity contribution >= 4 is 34.3 Å². The van der Waals surface area contributed by atoms with Gasteiger partial charge in [0.2, 0.25) is 5.91 Å². The standard InChI is InChI=1S/C22H24N2O5/c1-14-7-8-19-16(13-29-21(19)15(14)2)11-20(25)23-17-5-4-6-18(12-17)24-22(26)28-10-9-27-3/h4-8,12-13H,9-11H2,1-3H3,(H,23,25)(H,24,26). The summed E-state index contributed by atoms with van der Waals surface area (Å²) in [5.74, 6) is -0.175. The van der Waals surface area contributed by atoms with Crippen LogP contribution in [0.2, 0.25) is 0 Å². The van der Waals surface area contributed by atoms with E-state index in [-0.39, 0.29) is 18.9 Å². The van der Waals surface area contributed by atoms with Crippen molar-refractivity contribution in [3.63, 3.8) is 0 Å². The number of carbonyl (C=O) groups excluding carboxylic acids is 2. The third-order valence-electron chi connectivity index (χ3n) is 4.61. The summed E-state index contributed by atoms with van der Waals surface area (Å²) in [5, 5.41) is 6.40. The van der Waals surface area contributed by atoms with Crippen molar-refractivity contribution < 1.29 is 23.5 Å². The van der Waals surface area contributed by atoms with E-state index in [0.29, 0.717) is 18.0 Å². The Balaban J connectivity index is 1.63. The summed E-state index contributed by atoms with van der Waals surface area (Å²) in [7, 11) is 1.53. The molecule has 29 heavy (non-hydrogen) atoms. The van der Waals surface area contributed by atoms with Gasteiger partial charge in [-0.15, -0.1) is 0 Å². The summed E-state index contributed by atoms with van der Waals surface area (Å²) in [4.78, 5) is 24.2. The zero-order chi connectivity index (χ0) is 20.8. The topological polar surface area (TPSA) is 89.8 Å². The van der Waals surface area contributed by atoms with Crippen molar-refractivity contribution in [2.75, 3.05) is 31.0 Å². The fourth-order valence-corrected chi connectivity index (χ4v) is 2.95. The molecular weight excluding hydrogens is 372 g/mol. The van der Waals surface area contributed by atoms with Crippen LogP contribution in [-0.2, 0) is 20.7 Å². The van der Waals surface area contributed by atoms with Crippen LogP contribution in [-0.4, -0.2) is 32.3 Å². The summed E-state index contributed by atoms with van der Waals surface area (Å²) < 4.78 is 15.5. The predicted octanol–water partition coefficient (Wildman–Crippen LogP) is 4.43. The fourth-order valence-electron chi connectivity index (χ4n) is 2.95. The molecule has 152 valence electrons. The van der Waals surface area contributed by atoms with Gasteiger partial charge in [0.25, 0.3) is 0 Å². The van der Waals surface area contributed by atoms with Gasteiger partial charge in [-0.25, -0.2) is 4.79 Å². The van der Waals surface area contributed by atoms with Crippen molar-refractivity contribution in [2.45, 2.75) is 20.3 Å². The van der Waals surface area contributed by atoms with Crippen molar-refractivity contribution in [3.05, 3.63) is 59.4 Å². The molecule has 0 saturated carbocycles. The number of methoxy groups -OCH3 is 1. The number of anilines is 2. The van der Waals surface area contributed by atoms with Crippen LogP contribution in [0.15, 0.2) is 47.1 Å². The minimum atomic E-state index is -0.582. The number of fused-ring (bicyclic) bond motifs is 1. The number of benzene rings is 2. The molecule has 0 spiro atoms. The smallest absolute Gasteiger partial charge is 0.411 e. The van der Waals surface area contributed by atoms with Gasteiger partial charge in [-0.2, -0.15) is 0 Å². The number of nitrogens with one attached hydrogen (secondary N) is 2. The molecule has 1 aromatic heterocycles. The average molecular weight is 396 g/mol. The molecule has 3 aromatic rings. The van der Waals surface area contributed by atoms with Gasteiger partial charge in [-0.05, 0) is 43.2 Å². The SMILES string of the molecule is COCCOC(=O)Nc1cccc(NC(=O)Cc2coc3c(C)c(C)ccc23)c1. The molecule has 0 aliphatic heterocycles. The van der Waals surface area contributed by atoms with E-state index in [1.165, 1.54) is 7.11 Å². The van der Waals surface area contributed by atoms with Crippen molar-refractivity contribution in [2.24, 2.45) is 0 Å². The first kappa shape index (κ1) is 20.4. The van der Waals surface area contributed by atoms with Crippen LogP contribution in [0.3, 0.4) is 0 Å². The molecule has 7 nitrogen and oxygen atoms in total. The van der Waals surface area contributed by atoms with E-state index in [9.17, 15) is 9.59 Å². The van der Waals surface area contributed by atoms with Gasteiger partial charge in [0.05, 0.1) is 19.3 Å². The van der Waals surface area contributed by atoms with E-state index in [0.717, 1.165) is 27.7 Å². The minimum absolute atomic E-state index is 0.163. The number of carbonyl (C=O) groups is 2. The molecule has 0 saturated heterocycles. The molecule has 0 fully saturated rings. The summed E-state index contributed by atoms with van der Waals surface area (Å²) in [6.45, 7) is 4.52. The van der Waals surface area contributed by atoms with Gasteiger partial charge < -0.3 is 19.2 Å². The molecule has 0 aliphatic rings. The first-order valence-corrected chi connectivity index (χ1v) is 9.27. The van der Waals surface area contributed by atoms with E-state index >= 15 is 0 Å². The maximum atomic E-state index is 12.5. The lowest BCUT2D eigenvalue weighted by Gasteiger charge is -2.09. The number of amides is 2. The Morgan fingerprint density at radius 1 is 1.03 bits per heavy atom. The summed E-state index contributed by atoms with van der Waals surface area (Å²) in [6.07, 6.45) is 1.23. The molecule has 0 unspecified atom stereocenters. The van der Waals surface area contributed by atoms with Gasteiger partial charge >= 0.3 is 6.09 Å². The van der Waals surface area contributed by atoms with Crippen LogP contribution in [0.4, 0.5) is 16.2 Å². The Labute approximate surface area is 169 Å². The monoisotopic (exact) mass is 396 g/mol. The van der Waals surface area contributed by atoms with Crippen LogP contribution in [0.1, 0.15) is 16.7 Å². The molecule has 1 heterocycles. The highest BCUT2D eigenvalue weighted by Gasteiger charge is 2.13. The first-order chi connectivity index (χ1) is 14.0. The van der Waals surface area contributed by atoms with Crippen molar-refractivity contribution in [3.8, 4) is 0 Å². The second-order valence-corrected chi connectivity index (χ2v) is 6.70. The van der Waals surface area contributed by atoms with Gasteiger partial charge in [0.15, 0.2) is 0 Å². The van der Waals surface area contributed by atoms with Gasteiger partial charge in [0.1, 0.15) is 12.2 Å². The highest BCUT2D eigenvalue weighted by molar-refractivity contribution is 5.96. The average Bonchev–Trinajstić information content (AvgIpc) is 3.08. The largest absolute Gasteiger partial charge is 0.464 e. The molecule has 3 rings (SSSR count). The highest BCUT2D eigenvalue weighted by Crippen LogP contribution is 2.27. The number of rotatable bonds is 7. The maximum Gasteiger partial charge on any atom is 0.411 e. The molecule has 2 aromatic carbocycles. The molecule has 7 heteroatoms. The number of hydrogen-bond donors (Lipinski definition) is 2. The van der Waals surface area contributed by atoms with Crippen LogP contribution < -0.4 is 10.6 Å². The van der Waals surface area contributed by atoms with E-state index in [1.807, 2.05) is 26.0 Å². The lowest BCUT2D eigenvalue weighted by atomic mass is 10.0. The lowest BCUT2D eigenvalue weighted by molar-refractivity contribution is -0.115. The van der Waals surface area contributed by atoms with E-state index in [4.69, 9.17) is 13.9 Å². The van der Waals surface area contributed by atoms with E-state index in [2.05, 4.69) is 10.6 Å². The van der Waals surface area contributed by atoms with Gasteiger partial charge in [0, 0.05) is 29.4 Å². The molecule has 2 N–H and O–H groups in total. The Hall–Kier alpha value is -3.32. The maximum absolute atomic E-state index is 12.5. The Morgan fingerprint density at radius 3 is 2.55 bits per heavy atom. The Bertz CT molecular complexity index is 1030. The van der Waals surface area contributed by atoms with E-state index in [1.54, 1.807) is 30.5 Å². The normalized spacial score (nSPS) is 10.7.